The molecule has 0 spiro atoms. The fourth-order valence-electron chi connectivity index (χ4n) is 2.77. The van der Waals surface area contributed by atoms with Crippen molar-refractivity contribution in [2.75, 3.05) is 0 Å². The van der Waals surface area contributed by atoms with E-state index in [1.54, 1.807) is 12.1 Å². The Kier molecular flexibility index (Phi) is 3.52. The average molecular weight is 289 g/mol. The van der Waals surface area contributed by atoms with Crippen LogP contribution < -0.4 is 4.72 Å². The van der Waals surface area contributed by atoms with Gasteiger partial charge in [0, 0.05) is 11.4 Å². The van der Waals surface area contributed by atoms with Gasteiger partial charge in [-0.15, -0.1) is 0 Å². The molecule has 0 heterocycles. The summed E-state index contributed by atoms with van der Waals surface area (Å²) in [6, 6.07) is 13.0. The van der Waals surface area contributed by atoms with E-state index >= 15 is 0 Å². The van der Waals surface area contributed by atoms with Gasteiger partial charge in [-0.2, -0.15) is 0 Å². The van der Waals surface area contributed by atoms with Crippen LogP contribution >= 0.6 is 0 Å². The monoisotopic (exact) mass is 289 g/mol. The highest BCUT2D eigenvalue weighted by Crippen LogP contribution is 2.30. The van der Waals surface area contributed by atoms with Crippen molar-refractivity contribution in [2.24, 2.45) is 5.92 Å². The Bertz CT molecular complexity index is 715. The fourth-order valence-corrected chi connectivity index (χ4v) is 4.32. The highest BCUT2D eigenvalue weighted by atomic mass is 32.2. The summed E-state index contributed by atoms with van der Waals surface area (Å²) >= 11 is 0. The molecule has 0 radical (unpaired) electrons. The summed E-state index contributed by atoms with van der Waals surface area (Å²) in [5.41, 5.74) is 0. The first kappa shape index (κ1) is 13.6. The summed E-state index contributed by atoms with van der Waals surface area (Å²) in [7, 11) is -3.46. The molecule has 3 nitrogen and oxygen atoms in total. The van der Waals surface area contributed by atoms with Crippen LogP contribution in [-0.2, 0) is 10.0 Å². The smallest absolute Gasteiger partial charge is 0.208 e. The zero-order chi connectivity index (χ0) is 14.2. The average Bonchev–Trinajstić information content (AvgIpc) is 2.35. The van der Waals surface area contributed by atoms with Crippen LogP contribution in [0.3, 0.4) is 0 Å². The zero-order valence-corrected chi connectivity index (χ0v) is 12.4. The normalized spacial score (nSPS) is 17.9. The predicted molar refractivity (Wildman–Crippen MR) is 81.1 cm³/mol. The lowest BCUT2D eigenvalue weighted by Gasteiger charge is -2.31. The molecule has 0 aliphatic heterocycles. The van der Waals surface area contributed by atoms with E-state index in [9.17, 15) is 8.42 Å². The highest BCUT2D eigenvalue weighted by Gasteiger charge is 2.28. The third-order valence-corrected chi connectivity index (χ3v) is 5.85. The standard InChI is InChI=1S/C16H19NO2S/c1-12(13-7-4-8-13)17-20(18,19)16-11-5-9-14-6-2-3-10-15(14)16/h2-3,5-6,9-13,17H,4,7-8H2,1H3. The van der Waals surface area contributed by atoms with Gasteiger partial charge >= 0.3 is 0 Å². The van der Waals surface area contributed by atoms with Gasteiger partial charge in [-0.05, 0) is 37.1 Å². The van der Waals surface area contributed by atoms with Crippen LogP contribution in [0.1, 0.15) is 26.2 Å². The summed E-state index contributed by atoms with van der Waals surface area (Å²) < 4.78 is 28.0. The molecule has 106 valence electrons. The van der Waals surface area contributed by atoms with Crippen LogP contribution in [-0.4, -0.2) is 14.5 Å². The number of hydrogen-bond acceptors (Lipinski definition) is 2. The highest BCUT2D eigenvalue weighted by molar-refractivity contribution is 7.89. The van der Waals surface area contributed by atoms with Crippen LogP contribution in [0.4, 0.5) is 0 Å². The van der Waals surface area contributed by atoms with E-state index in [1.165, 1.54) is 6.42 Å². The zero-order valence-electron chi connectivity index (χ0n) is 11.5. The van der Waals surface area contributed by atoms with Crippen molar-refractivity contribution < 1.29 is 8.42 Å². The molecule has 0 amide bonds. The molecule has 1 aliphatic carbocycles. The second-order valence-electron chi connectivity index (χ2n) is 5.58. The molecule has 1 atom stereocenters. The van der Waals surface area contributed by atoms with Crippen molar-refractivity contribution in [3.63, 3.8) is 0 Å². The molecule has 3 rings (SSSR count). The Morgan fingerprint density at radius 3 is 2.50 bits per heavy atom. The first-order valence-electron chi connectivity index (χ1n) is 7.08. The molecule has 0 aromatic heterocycles. The lowest BCUT2D eigenvalue weighted by molar-refractivity contribution is 0.260. The van der Waals surface area contributed by atoms with Crippen LogP contribution in [0.2, 0.25) is 0 Å². The quantitative estimate of drug-likeness (QED) is 0.938. The molecule has 2 aromatic carbocycles. The topological polar surface area (TPSA) is 46.2 Å². The number of hydrogen-bond donors (Lipinski definition) is 1. The first-order valence-corrected chi connectivity index (χ1v) is 8.56. The van der Waals surface area contributed by atoms with Crippen molar-refractivity contribution in [3.05, 3.63) is 42.5 Å². The van der Waals surface area contributed by atoms with E-state index in [0.717, 1.165) is 23.6 Å². The SMILES string of the molecule is CC(NS(=O)(=O)c1cccc2ccccc12)C1CCC1. The minimum atomic E-state index is -3.46. The van der Waals surface area contributed by atoms with Crippen LogP contribution in [0.15, 0.2) is 47.4 Å². The molecule has 1 saturated carbocycles. The van der Waals surface area contributed by atoms with Gasteiger partial charge in [0.05, 0.1) is 4.90 Å². The molecular formula is C16H19NO2S. The lowest BCUT2D eigenvalue weighted by atomic mass is 9.81. The molecule has 1 unspecified atom stereocenters. The van der Waals surface area contributed by atoms with Crippen LogP contribution in [0.25, 0.3) is 10.8 Å². The first-order chi connectivity index (χ1) is 9.58. The largest absolute Gasteiger partial charge is 0.241 e. The molecule has 0 saturated heterocycles. The van der Waals surface area contributed by atoms with Crippen molar-refractivity contribution in [1.82, 2.24) is 4.72 Å². The molecule has 1 N–H and O–H groups in total. The molecule has 2 aromatic rings. The van der Waals surface area contributed by atoms with Gasteiger partial charge in [0.15, 0.2) is 0 Å². The molecule has 1 aliphatic rings. The summed E-state index contributed by atoms with van der Waals surface area (Å²) in [4.78, 5) is 0.377. The van der Waals surface area contributed by atoms with Crippen LogP contribution in [0.5, 0.6) is 0 Å². The summed E-state index contributed by atoms with van der Waals surface area (Å²) in [5, 5.41) is 1.73. The number of fused-ring (bicyclic) bond motifs is 1. The number of nitrogens with one attached hydrogen (secondary N) is 1. The molecule has 1 fully saturated rings. The Morgan fingerprint density at radius 1 is 1.10 bits per heavy atom. The minimum absolute atomic E-state index is 0.00715. The van der Waals surface area contributed by atoms with E-state index in [-0.39, 0.29) is 6.04 Å². The van der Waals surface area contributed by atoms with Crippen molar-refractivity contribution in [2.45, 2.75) is 37.1 Å². The van der Waals surface area contributed by atoms with E-state index in [2.05, 4.69) is 4.72 Å². The van der Waals surface area contributed by atoms with Crippen LogP contribution in [0, 0.1) is 5.92 Å². The van der Waals surface area contributed by atoms with Gasteiger partial charge in [0.1, 0.15) is 0 Å². The van der Waals surface area contributed by atoms with Gasteiger partial charge in [0.2, 0.25) is 10.0 Å². The molecule has 0 bridgehead atoms. The third kappa shape index (κ3) is 2.45. The maximum absolute atomic E-state index is 12.6. The van der Waals surface area contributed by atoms with E-state index in [0.29, 0.717) is 10.8 Å². The van der Waals surface area contributed by atoms with E-state index < -0.39 is 10.0 Å². The predicted octanol–water partition coefficient (Wildman–Crippen LogP) is 3.31. The maximum atomic E-state index is 12.6. The maximum Gasteiger partial charge on any atom is 0.241 e. The Balaban J connectivity index is 1.96. The second kappa shape index (κ2) is 5.19. The van der Waals surface area contributed by atoms with Gasteiger partial charge in [-0.1, -0.05) is 42.8 Å². The summed E-state index contributed by atoms with van der Waals surface area (Å²) in [5.74, 6) is 0.486. The molecule has 20 heavy (non-hydrogen) atoms. The van der Waals surface area contributed by atoms with Crippen molar-refractivity contribution in [1.29, 1.82) is 0 Å². The van der Waals surface area contributed by atoms with Crippen molar-refractivity contribution in [3.8, 4) is 0 Å². The fraction of sp³-hybridized carbons (Fsp3) is 0.375. The second-order valence-corrected chi connectivity index (χ2v) is 7.26. The minimum Gasteiger partial charge on any atom is -0.208 e. The molecule has 4 heteroatoms. The lowest BCUT2D eigenvalue weighted by Crippen LogP contribution is -2.40. The number of rotatable bonds is 4. The molecular weight excluding hydrogens is 270 g/mol. The third-order valence-electron chi connectivity index (χ3n) is 4.24. The van der Waals surface area contributed by atoms with Gasteiger partial charge in [-0.3, -0.25) is 0 Å². The Morgan fingerprint density at radius 2 is 1.80 bits per heavy atom. The summed E-state index contributed by atoms with van der Waals surface area (Å²) in [6.45, 7) is 1.96. The van der Waals surface area contributed by atoms with Crippen molar-refractivity contribution >= 4 is 20.8 Å². The van der Waals surface area contributed by atoms with Gasteiger partial charge < -0.3 is 0 Å². The van der Waals surface area contributed by atoms with Gasteiger partial charge in [-0.25, -0.2) is 13.1 Å². The summed E-state index contributed by atoms with van der Waals surface area (Å²) in [6.07, 6.45) is 3.46. The van der Waals surface area contributed by atoms with E-state index in [4.69, 9.17) is 0 Å². The number of benzene rings is 2. The number of sulfonamides is 1. The Labute approximate surface area is 120 Å². The Hall–Kier alpha value is -1.39. The van der Waals surface area contributed by atoms with E-state index in [1.807, 2.05) is 37.3 Å². The van der Waals surface area contributed by atoms with Gasteiger partial charge in [0.25, 0.3) is 0 Å².